The monoisotopic (exact) mass is 262 g/mol. The van der Waals surface area contributed by atoms with Gasteiger partial charge in [0.05, 0.1) is 6.54 Å². The molecule has 0 spiro atoms. The smallest absolute Gasteiger partial charge is 0.238 e. The van der Waals surface area contributed by atoms with Crippen LogP contribution in [0, 0.1) is 0 Å². The van der Waals surface area contributed by atoms with Crippen LogP contribution in [0.3, 0.4) is 0 Å². The van der Waals surface area contributed by atoms with E-state index in [1.165, 1.54) is 11.1 Å². The summed E-state index contributed by atoms with van der Waals surface area (Å²) in [5.74, 6) is 0.0827. The number of hydrogen-bond acceptors (Lipinski definition) is 2. The number of anilines is 1. The van der Waals surface area contributed by atoms with Crippen molar-refractivity contribution in [1.82, 2.24) is 4.90 Å². The number of hydrogen-bond donors (Lipinski definition) is 1. The second kappa shape index (κ2) is 7.95. The third kappa shape index (κ3) is 4.35. The fourth-order valence-corrected chi connectivity index (χ4v) is 2.23. The molecule has 1 N–H and O–H groups in total. The van der Waals surface area contributed by atoms with Gasteiger partial charge in [-0.2, -0.15) is 0 Å². The van der Waals surface area contributed by atoms with Crippen LogP contribution >= 0.6 is 0 Å². The van der Waals surface area contributed by atoms with Crippen LogP contribution in [0.15, 0.2) is 18.2 Å². The first-order chi connectivity index (χ1) is 9.15. The number of nitrogens with zero attached hydrogens (tertiary/aromatic N) is 1. The molecule has 0 aliphatic heterocycles. The van der Waals surface area contributed by atoms with E-state index in [0.717, 1.165) is 31.6 Å². The molecule has 3 heteroatoms. The Morgan fingerprint density at radius 1 is 1.05 bits per heavy atom. The number of amides is 1. The molecule has 0 saturated carbocycles. The molecule has 3 nitrogen and oxygen atoms in total. The van der Waals surface area contributed by atoms with E-state index in [0.29, 0.717) is 6.54 Å². The van der Waals surface area contributed by atoms with Gasteiger partial charge in [-0.1, -0.05) is 45.9 Å². The van der Waals surface area contributed by atoms with Crippen LogP contribution in [0.25, 0.3) is 0 Å². The van der Waals surface area contributed by atoms with Crippen molar-refractivity contribution >= 4 is 11.6 Å². The number of carbonyl (C=O) groups is 1. The minimum Gasteiger partial charge on any atom is -0.324 e. The van der Waals surface area contributed by atoms with Crippen molar-refractivity contribution in [2.75, 3.05) is 25.0 Å². The van der Waals surface area contributed by atoms with Crippen molar-refractivity contribution < 1.29 is 4.79 Å². The summed E-state index contributed by atoms with van der Waals surface area (Å²) in [5, 5.41) is 3.10. The molecule has 0 saturated heterocycles. The SMILES string of the molecule is CCc1cccc(CC)c1NC(=O)CN(CC)CC. The van der Waals surface area contributed by atoms with Gasteiger partial charge in [-0.3, -0.25) is 9.69 Å². The summed E-state index contributed by atoms with van der Waals surface area (Å²) in [6, 6.07) is 6.25. The van der Waals surface area contributed by atoms with Crippen molar-refractivity contribution in [3.05, 3.63) is 29.3 Å². The molecule has 1 rings (SSSR count). The van der Waals surface area contributed by atoms with Gasteiger partial charge in [0.15, 0.2) is 0 Å². The van der Waals surface area contributed by atoms with Crippen molar-refractivity contribution in [1.29, 1.82) is 0 Å². The van der Waals surface area contributed by atoms with Gasteiger partial charge in [-0.15, -0.1) is 0 Å². The van der Waals surface area contributed by atoms with E-state index in [-0.39, 0.29) is 5.91 Å². The van der Waals surface area contributed by atoms with E-state index in [2.05, 4.69) is 56.1 Å². The average Bonchev–Trinajstić information content (AvgIpc) is 2.44. The van der Waals surface area contributed by atoms with Gasteiger partial charge in [-0.25, -0.2) is 0 Å². The number of para-hydroxylation sites is 1. The maximum absolute atomic E-state index is 12.1. The van der Waals surface area contributed by atoms with Crippen molar-refractivity contribution in [2.24, 2.45) is 0 Å². The topological polar surface area (TPSA) is 32.3 Å². The lowest BCUT2D eigenvalue weighted by Crippen LogP contribution is -2.33. The minimum atomic E-state index is 0.0827. The highest BCUT2D eigenvalue weighted by Crippen LogP contribution is 2.22. The van der Waals surface area contributed by atoms with Crippen LogP contribution in [0.2, 0.25) is 0 Å². The van der Waals surface area contributed by atoms with Gasteiger partial charge in [0.2, 0.25) is 5.91 Å². The summed E-state index contributed by atoms with van der Waals surface area (Å²) >= 11 is 0. The molecule has 0 bridgehead atoms. The molecule has 106 valence electrons. The fraction of sp³-hybridized carbons (Fsp3) is 0.562. The summed E-state index contributed by atoms with van der Waals surface area (Å²) in [6.07, 6.45) is 1.88. The Balaban J connectivity index is 2.83. The first-order valence-electron chi connectivity index (χ1n) is 7.29. The van der Waals surface area contributed by atoms with E-state index in [4.69, 9.17) is 0 Å². The van der Waals surface area contributed by atoms with Crippen LogP contribution < -0.4 is 5.32 Å². The molecular weight excluding hydrogens is 236 g/mol. The van der Waals surface area contributed by atoms with Crippen molar-refractivity contribution in [3.63, 3.8) is 0 Å². The lowest BCUT2D eigenvalue weighted by atomic mass is 10.0. The summed E-state index contributed by atoms with van der Waals surface area (Å²) in [4.78, 5) is 14.2. The van der Waals surface area contributed by atoms with Crippen LogP contribution in [0.4, 0.5) is 5.69 Å². The lowest BCUT2D eigenvalue weighted by molar-refractivity contribution is -0.117. The maximum atomic E-state index is 12.1. The third-order valence-electron chi connectivity index (χ3n) is 3.52. The molecule has 0 fully saturated rings. The molecule has 0 radical (unpaired) electrons. The van der Waals surface area contributed by atoms with E-state index in [1.54, 1.807) is 0 Å². The Labute approximate surface area is 117 Å². The van der Waals surface area contributed by atoms with Gasteiger partial charge >= 0.3 is 0 Å². The fourth-order valence-electron chi connectivity index (χ4n) is 2.23. The number of carbonyl (C=O) groups excluding carboxylic acids is 1. The molecule has 0 heterocycles. The normalized spacial score (nSPS) is 10.8. The van der Waals surface area contributed by atoms with Crippen molar-refractivity contribution in [3.8, 4) is 0 Å². The number of aryl methyl sites for hydroxylation is 2. The predicted octanol–water partition coefficient (Wildman–Crippen LogP) is 3.09. The van der Waals surface area contributed by atoms with E-state index >= 15 is 0 Å². The van der Waals surface area contributed by atoms with E-state index in [1.807, 2.05) is 0 Å². The maximum Gasteiger partial charge on any atom is 0.238 e. The summed E-state index contributed by atoms with van der Waals surface area (Å²) in [6.45, 7) is 10.7. The zero-order chi connectivity index (χ0) is 14.3. The van der Waals surface area contributed by atoms with Gasteiger partial charge in [0.25, 0.3) is 0 Å². The first-order valence-corrected chi connectivity index (χ1v) is 7.29. The third-order valence-corrected chi connectivity index (χ3v) is 3.52. The van der Waals surface area contributed by atoms with Crippen LogP contribution in [0.5, 0.6) is 0 Å². The quantitative estimate of drug-likeness (QED) is 0.819. The lowest BCUT2D eigenvalue weighted by Gasteiger charge is -2.19. The molecule has 1 aromatic carbocycles. The number of nitrogens with one attached hydrogen (secondary N) is 1. The highest BCUT2D eigenvalue weighted by molar-refractivity contribution is 5.93. The molecule has 0 atom stereocenters. The molecule has 1 amide bonds. The highest BCUT2D eigenvalue weighted by atomic mass is 16.2. The molecular formula is C16H26N2O. The summed E-state index contributed by atoms with van der Waals surface area (Å²) < 4.78 is 0. The van der Waals surface area contributed by atoms with Gasteiger partial charge < -0.3 is 5.32 Å². The zero-order valence-corrected chi connectivity index (χ0v) is 12.6. The highest BCUT2D eigenvalue weighted by Gasteiger charge is 2.12. The second-order valence-electron chi connectivity index (χ2n) is 4.67. The second-order valence-corrected chi connectivity index (χ2v) is 4.67. The Kier molecular flexibility index (Phi) is 6.57. The molecule has 0 aliphatic rings. The number of likely N-dealkylation sites (N-methyl/N-ethyl adjacent to an activating group) is 1. The van der Waals surface area contributed by atoms with E-state index in [9.17, 15) is 4.79 Å². The zero-order valence-electron chi connectivity index (χ0n) is 12.6. The Morgan fingerprint density at radius 2 is 1.58 bits per heavy atom. The van der Waals surface area contributed by atoms with Crippen LogP contribution in [-0.2, 0) is 17.6 Å². The van der Waals surface area contributed by atoms with Gasteiger partial charge in [0.1, 0.15) is 0 Å². The molecule has 0 aromatic heterocycles. The van der Waals surface area contributed by atoms with Crippen LogP contribution in [-0.4, -0.2) is 30.4 Å². The van der Waals surface area contributed by atoms with Gasteiger partial charge in [-0.05, 0) is 37.1 Å². The molecule has 19 heavy (non-hydrogen) atoms. The van der Waals surface area contributed by atoms with Gasteiger partial charge in [0, 0.05) is 5.69 Å². The van der Waals surface area contributed by atoms with E-state index < -0.39 is 0 Å². The minimum absolute atomic E-state index is 0.0827. The number of rotatable bonds is 7. The summed E-state index contributed by atoms with van der Waals surface area (Å²) in [7, 11) is 0. The molecule has 0 aliphatic carbocycles. The van der Waals surface area contributed by atoms with Crippen LogP contribution in [0.1, 0.15) is 38.8 Å². The Hall–Kier alpha value is -1.35. The summed E-state index contributed by atoms with van der Waals surface area (Å²) in [5.41, 5.74) is 3.45. The Bertz CT molecular complexity index is 389. The first kappa shape index (κ1) is 15.7. The Morgan fingerprint density at radius 3 is 2.00 bits per heavy atom. The number of benzene rings is 1. The standard InChI is InChI=1S/C16H26N2O/c1-5-13-10-9-11-14(6-2)16(13)17-15(19)12-18(7-3)8-4/h9-11H,5-8,12H2,1-4H3,(H,17,19). The largest absolute Gasteiger partial charge is 0.324 e. The predicted molar refractivity (Wildman–Crippen MR) is 81.6 cm³/mol. The van der Waals surface area contributed by atoms with Crippen molar-refractivity contribution in [2.45, 2.75) is 40.5 Å². The molecule has 1 aromatic rings. The molecule has 0 unspecified atom stereocenters. The average molecular weight is 262 g/mol.